The van der Waals surface area contributed by atoms with Crippen LogP contribution in [0, 0.1) is 71.0 Å². The molecule has 3 saturated carbocycles. The number of hydrogen-bond acceptors (Lipinski definition) is 24. The van der Waals surface area contributed by atoms with Gasteiger partial charge in [0.15, 0.2) is 18.9 Å². The molecule has 33 heteroatoms. The molecule has 21 rings (SSSR count). The number of nitrogens with zero attached hydrogens (tertiary/aromatic N) is 6. The minimum atomic E-state index is -3.90. The molecule has 6 fully saturated rings. The van der Waals surface area contributed by atoms with Crippen molar-refractivity contribution < 1.29 is 82.3 Å². The van der Waals surface area contributed by atoms with E-state index in [1.165, 1.54) is 33.4 Å². The minimum absolute atomic E-state index is 0.122. The Morgan fingerprint density at radius 1 is 0.327 bits per heavy atom. The number of halogens is 3. The molecule has 6 aliphatic carbocycles. The molecule has 9 heterocycles. The highest BCUT2D eigenvalue weighted by molar-refractivity contribution is 7.91. The second-order valence-electron chi connectivity index (χ2n) is 47.1. The topological polar surface area (TPSA) is 292 Å². The zero-order chi connectivity index (χ0) is 104. The number of carbonyl (C=O) groups excluding carboxylic acids is 3. The fourth-order valence-corrected chi connectivity index (χ4v) is 31.6. The highest BCUT2D eigenvalue weighted by atomic mass is 35.5. The van der Waals surface area contributed by atoms with Crippen molar-refractivity contribution in [1.29, 1.82) is 0 Å². The number of sulfonamides is 3. The Kier molecular flexibility index (Phi) is 33.2. The van der Waals surface area contributed by atoms with Crippen molar-refractivity contribution >= 4 is 99.7 Å². The smallest absolute Gasteiger partial charge is 0.264 e. The summed E-state index contributed by atoms with van der Waals surface area (Å²) in [4.78, 5) is 54.5. The average molecular weight is 2140 g/mol. The molecule has 15 aliphatic rings. The van der Waals surface area contributed by atoms with Crippen LogP contribution < -0.4 is 43.1 Å². The zero-order valence-corrected chi connectivity index (χ0v) is 92.7. The van der Waals surface area contributed by atoms with E-state index in [1.54, 1.807) is 39.0 Å². The standard InChI is InChI=1S/3C38H52ClN3O6S/c3*1-24-7-5-9-32(37-46-20-30(21-47-37)41(3)4)31-13-10-28(31)19-42-22-38(16-6-8-26-17-29(39)12-14-33(26)38)23-48-35-15-11-27(18-34(35)42)36(43)40-49(44,45)25(24)2/h3*11-12,14-15,17-18,24-25,28,30-32,37H,5-10,13,16,19-23H2,1-4H3,(H,40,43)/t2*24-,25+,28-,30?,31+,32+,37?,38-;24-,25+,28-,30?,31+,32-,37?,38-/m000/s1. The third kappa shape index (κ3) is 23.2. The van der Waals surface area contributed by atoms with Crippen molar-refractivity contribution in [3.05, 3.63) is 174 Å². The number of aryl methyl sites for hydroxylation is 3. The van der Waals surface area contributed by atoms with E-state index in [4.69, 9.17) is 77.4 Å². The number of benzene rings is 6. The molecule has 147 heavy (non-hydrogen) atoms. The third-order valence-corrected chi connectivity index (χ3v) is 43.9. The maximum Gasteiger partial charge on any atom is 0.264 e. The van der Waals surface area contributed by atoms with Crippen molar-refractivity contribution in [3.8, 4) is 17.2 Å². The number of fused-ring (bicyclic) bond motifs is 12. The van der Waals surface area contributed by atoms with Crippen LogP contribution in [0.3, 0.4) is 0 Å². The van der Waals surface area contributed by atoms with Crippen LogP contribution in [0.4, 0.5) is 17.1 Å². The van der Waals surface area contributed by atoms with Crippen LogP contribution >= 0.6 is 34.8 Å². The lowest BCUT2D eigenvalue weighted by Gasteiger charge is -2.49. The van der Waals surface area contributed by atoms with E-state index < -0.39 is 63.5 Å². The van der Waals surface area contributed by atoms with Gasteiger partial charge < -0.3 is 72.0 Å². The van der Waals surface area contributed by atoms with Crippen LogP contribution in [0.1, 0.15) is 241 Å². The number of anilines is 3. The molecule has 3 N–H and O–H groups in total. The summed E-state index contributed by atoms with van der Waals surface area (Å²) in [5, 5.41) is 0.0918. The summed E-state index contributed by atoms with van der Waals surface area (Å²) in [6.45, 7) is 21.1. The summed E-state index contributed by atoms with van der Waals surface area (Å²) in [6.07, 6.45) is 22.5. The molecule has 804 valence electrons. The monoisotopic (exact) mass is 2140 g/mol. The Labute approximate surface area is 887 Å². The van der Waals surface area contributed by atoms with E-state index >= 15 is 0 Å². The van der Waals surface area contributed by atoms with Gasteiger partial charge in [-0.05, 0) is 376 Å². The van der Waals surface area contributed by atoms with Gasteiger partial charge in [0, 0.05) is 105 Å². The van der Waals surface area contributed by atoms with Crippen LogP contribution in [-0.2, 0) is 94.0 Å². The van der Waals surface area contributed by atoms with Crippen molar-refractivity contribution in [2.75, 3.05) is 156 Å². The molecule has 0 unspecified atom stereocenters. The summed E-state index contributed by atoms with van der Waals surface area (Å²) < 4.78 is 147. The molecule has 0 radical (unpaired) electrons. The van der Waals surface area contributed by atoms with Crippen LogP contribution in [0.2, 0.25) is 15.1 Å². The SMILES string of the molecule is C[C@@H]1[C@@H](C)CCC[C@@H](C2OCC(N(C)C)CO2)[C@@H]2CC[C@H]2CN2C[C@@]3(CCCc4cc(Cl)ccc43)COc3ccc(cc32)C(=O)NS1(=O)=O.C[C@@H]1[C@@H](C)CCC[C@@H](C2OCC(N(C)C)CO2)[C@@H]2CC[C@H]2CN2C[C@@]3(CCCc4cc(Cl)ccc43)COc3ccc(cc32)C(=O)NS1(=O)=O.C[C@@H]1[C@@H](C)CCC[C@H](C2OCC(N(C)C)CO2)[C@@H]2CC[C@H]2CN2C[C@@]3(CCCc4cc(Cl)ccc43)COc3ccc(cc32)C(=O)NS1(=O)=O. The number of nitrogens with one attached hydrogen (secondary N) is 3. The van der Waals surface area contributed by atoms with Gasteiger partial charge in [0.1, 0.15) is 17.2 Å². The van der Waals surface area contributed by atoms with Gasteiger partial charge in [-0.2, -0.15) is 0 Å². The molecular weight excluding hydrogens is 1990 g/mol. The van der Waals surface area contributed by atoms with E-state index in [1.807, 2.05) is 75.4 Å². The Morgan fingerprint density at radius 3 is 0.837 bits per heavy atom. The van der Waals surface area contributed by atoms with Crippen molar-refractivity contribution in [2.45, 2.75) is 265 Å². The Morgan fingerprint density at radius 2 is 0.592 bits per heavy atom. The number of ether oxygens (including phenoxy) is 9. The lowest BCUT2D eigenvalue weighted by Crippen LogP contribution is -2.52. The molecule has 3 saturated heterocycles. The number of amides is 3. The van der Waals surface area contributed by atoms with Gasteiger partial charge in [-0.25, -0.2) is 39.4 Å². The number of hydrogen-bond donors (Lipinski definition) is 3. The molecular formula is C114H156Cl3N9O18S3. The summed E-state index contributed by atoms with van der Waals surface area (Å²) in [6, 6.07) is 35.6. The number of likely N-dealkylation sites (N-methyl/N-ethyl adjacent to an activating group) is 3. The van der Waals surface area contributed by atoms with Crippen LogP contribution in [0.5, 0.6) is 17.2 Å². The van der Waals surface area contributed by atoms with Gasteiger partial charge in [-0.1, -0.05) is 93.0 Å². The second-order valence-corrected chi connectivity index (χ2v) is 54.5. The number of rotatable bonds is 6. The quantitative estimate of drug-likeness (QED) is 0.140. The van der Waals surface area contributed by atoms with Crippen molar-refractivity contribution in [1.82, 2.24) is 28.9 Å². The molecule has 6 aromatic carbocycles. The largest absolute Gasteiger partial charge is 0.490 e. The van der Waals surface area contributed by atoms with E-state index in [-0.39, 0.29) is 88.7 Å². The molecule has 6 bridgehead atoms. The Balaban J connectivity index is 0.000000139. The molecule has 18 atom stereocenters. The zero-order valence-electron chi connectivity index (χ0n) is 88.0. The molecule has 3 spiro atoms. The van der Waals surface area contributed by atoms with Crippen molar-refractivity contribution in [3.63, 3.8) is 0 Å². The molecule has 3 amide bonds. The molecule has 0 aromatic heterocycles. The summed E-state index contributed by atoms with van der Waals surface area (Å²) in [5.74, 6) is 3.15. The summed E-state index contributed by atoms with van der Waals surface area (Å²) >= 11 is 19.4. The molecule has 27 nitrogen and oxygen atoms in total. The van der Waals surface area contributed by atoms with E-state index in [0.29, 0.717) is 112 Å². The third-order valence-electron chi connectivity index (χ3n) is 37.5. The fraction of sp³-hybridized carbons (Fsp3) is 0.658. The highest BCUT2D eigenvalue weighted by Crippen LogP contribution is 2.56. The molecule has 6 aromatic rings. The van der Waals surface area contributed by atoms with E-state index in [9.17, 15) is 39.6 Å². The van der Waals surface area contributed by atoms with Gasteiger partial charge in [0.05, 0.1) is 110 Å². The second kappa shape index (κ2) is 45.1. The van der Waals surface area contributed by atoms with Crippen LogP contribution in [0.25, 0.3) is 0 Å². The minimum Gasteiger partial charge on any atom is -0.490 e. The summed E-state index contributed by atoms with van der Waals surface area (Å²) in [5.41, 5.74) is 10.5. The maximum absolute atomic E-state index is 13.6. The predicted octanol–water partition coefficient (Wildman–Crippen LogP) is 18.1. The first-order chi connectivity index (χ1) is 70.3. The van der Waals surface area contributed by atoms with E-state index in [0.717, 1.165) is 243 Å². The van der Waals surface area contributed by atoms with Gasteiger partial charge in [-0.3, -0.25) is 14.4 Å². The average Bonchev–Trinajstić information content (AvgIpc) is 1.66. The number of carbonyl (C=O) groups is 3. The highest BCUT2D eigenvalue weighted by Gasteiger charge is 2.53. The fourth-order valence-electron chi connectivity index (χ4n) is 27.1. The molecule has 9 aliphatic heterocycles. The predicted molar refractivity (Wildman–Crippen MR) is 576 cm³/mol. The van der Waals surface area contributed by atoms with Crippen LogP contribution in [0.15, 0.2) is 109 Å². The Bertz CT molecular complexity index is 5510. The van der Waals surface area contributed by atoms with E-state index in [2.05, 4.69) is 122 Å². The first-order valence-corrected chi connectivity index (χ1v) is 60.4. The lowest BCUT2D eigenvalue weighted by molar-refractivity contribution is -0.240. The van der Waals surface area contributed by atoms with Gasteiger partial charge in [0.2, 0.25) is 30.1 Å². The lowest BCUT2D eigenvalue weighted by atomic mass is 9.64. The normalized spacial score (nSPS) is 34.9. The van der Waals surface area contributed by atoms with Gasteiger partial charge >= 0.3 is 0 Å². The maximum atomic E-state index is 13.6. The van der Waals surface area contributed by atoms with Gasteiger partial charge in [0.25, 0.3) is 17.7 Å². The van der Waals surface area contributed by atoms with Crippen molar-refractivity contribution in [2.24, 2.45) is 71.0 Å². The van der Waals surface area contributed by atoms with Gasteiger partial charge in [-0.15, -0.1) is 0 Å². The first kappa shape index (κ1) is 108. The van der Waals surface area contributed by atoms with Crippen LogP contribution in [-0.4, -0.2) is 251 Å². The Hall–Kier alpha value is -7.11. The first-order valence-electron chi connectivity index (χ1n) is 54.6. The summed E-state index contributed by atoms with van der Waals surface area (Å²) in [7, 11) is 0.656.